The van der Waals surface area contributed by atoms with Crippen molar-refractivity contribution in [3.63, 3.8) is 0 Å². The van der Waals surface area contributed by atoms with Gasteiger partial charge in [0, 0.05) is 18.4 Å². The van der Waals surface area contributed by atoms with Crippen LogP contribution < -0.4 is 10.1 Å². The van der Waals surface area contributed by atoms with Crippen molar-refractivity contribution in [1.29, 1.82) is 0 Å². The van der Waals surface area contributed by atoms with Gasteiger partial charge in [-0.3, -0.25) is 4.79 Å². The number of anilines is 1. The van der Waals surface area contributed by atoms with Crippen LogP contribution in [0.25, 0.3) is 11.4 Å². The fourth-order valence-corrected chi connectivity index (χ4v) is 2.38. The van der Waals surface area contributed by atoms with Crippen molar-refractivity contribution in [1.82, 2.24) is 10.1 Å². The molecule has 0 saturated carbocycles. The summed E-state index contributed by atoms with van der Waals surface area (Å²) in [5.41, 5.74) is 0.273. The summed E-state index contributed by atoms with van der Waals surface area (Å²) in [4.78, 5) is 16.1. The number of aromatic nitrogens is 2. The van der Waals surface area contributed by atoms with Crippen molar-refractivity contribution in [3.8, 4) is 17.1 Å². The number of nitrogens with one attached hydrogen (secondary N) is 1. The fraction of sp³-hybridized carbons (Fsp3) is 0.211. The van der Waals surface area contributed by atoms with Gasteiger partial charge in [0.25, 0.3) is 0 Å². The Hall–Kier alpha value is -3.29. The molecular formula is C19H17F2N3O3. The predicted octanol–water partition coefficient (Wildman–Crippen LogP) is 3.98. The molecule has 0 unspecified atom stereocenters. The second kappa shape index (κ2) is 8.39. The summed E-state index contributed by atoms with van der Waals surface area (Å²) < 4.78 is 37.6. The molecule has 0 spiro atoms. The van der Waals surface area contributed by atoms with E-state index in [2.05, 4.69) is 15.5 Å². The van der Waals surface area contributed by atoms with E-state index in [1.807, 2.05) is 6.92 Å². The highest BCUT2D eigenvalue weighted by Crippen LogP contribution is 2.21. The van der Waals surface area contributed by atoms with Crippen LogP contribution in [0.2, 0.25) is 0 Å². The summed E-state index contributed by atoms with van der Waals surface area (Å²) in [6.07, 6.45) is 0.0879. The average Bonchev–Trinajstić information content (AvgIpc) is 3.13. The monoisotopic (exact) mass is 373 g/mol. The van der Waals surface area contributed by atoms with Gasteiger partial charge in [-0.2, -0.15) is 4.98 Å². The number of para-hydroxylation sites is 1. The second-order valence-corrected chi connectivity index (χ2v) is 5.61. The zero-order valence-electron chi connectivity index (χ0n) is 14.5. The van der Waals surface area contributed by atoms with Crippen molar-refractivity contribution in [2.75, 3.05) is 11.9 Å². The molecule has 2 aromatic carbocycles. The third-order valence-corrected chi connectivity index (χ3v) is 3.68. The lowest BCUT2D eigenvalue weighted by Crippen LogP contribution is -2.14. The Morgan fingerprint density at radius 3 is 2.52 bits per heavy atom. The molecule has 0 aliphatic heterocycles. The van der Waals surface area contributed by atoms with Gasteiger partial charge in [-0.1, -0.05) is 11.2 Å². The molecule has 0 saturated heterocycles. The zero-order chi connectivity index (χ0) is 19.2. The molecule has 3 rings (SSSR count). The molecular weight excluding hydrogens is 356 g/mol. The van der Waals surface area contributed by atoms with E-state index >= 15 is 0 Å². The molecule has 8 heteroatoms. The van der Waals surface area contributed by atoms with E-state index in [0.717, 1.165) is 23.4 Å². The summed E-state index contributed by atoms with van der Waals surface area (Å²) in [6, 6.07) is 10.6. The van der Waals surface area contributed by atoms with Gasteiger partial charge in [0.05, 0.1) is 6.61 Å². The van der Waals surface area contributed by atoms with Gasteiger partial charge < -0.3 is 14.6 Å². The van der Waals surface area contributed by atoms with Gasteiger partial charge in [0.2, 0.25) is 17.6 Å². The van der Waals surface area contributed by atoms with E-state index in [1.165, 1.54) is 6.07 Å². The van der Waals surface area contributed by atoms with Crippen LogP contribution in [0.15, 0.2) is 47.0 Å². The molecule has 1 amide bonds. The molecule has 0 bridgehead atoms. The Morgan fingerprint density at radius 1 is 1.15 bits per heavy atom. The fourth-order valence-electron chi connectivity index (χ4n) is 2.38. The van der Waals surface area contributed by atoms with Gasteiger partial charge in [0.15, 0.2) is 0 Å². The molecule has 27 heavy (non-hydrogen) atoms. The lowest BCUT2D eigenvalue weighted by atomic mass is 10.2. The van der Waals surface area contributed by atoms with Crippen LogP contribution in [0.1, 0.15) is 19.2 Å². The van der Waals surface area contributed by atoms with E-state index < -0.39 is 23.2 Å². The minimum absolute atomic E-state index is 0.0569. The smallest absolute Gasteiger partial charge is 0.227 e. The standard InChI is InChI=1S/C19H17F2N3O3/c1-2-26-13-8-6-12(7-9-13)19-23-17(27-24-19)11-10-16(25)22-18-14(20)4-3-5-15(18)21/h3-9H,2,10-11H2,1H3,(H,22,25). The van der Waals surface area contributed by atoms with Crippen LogP contribution in [-0.2, 0) is 11.2 Å². The van der Waals surface area contributed by atoms with Crippen molar-refractivity contribution < 1.29 is 22.8 Å². The number of hydrogen-bond acceptors (Lipinski definition) is 5. The van der Waals surface area contributed by atoms with Crippen LogP contribution >= 0.6 is 0 Å². The molecule has 1 N–H and O–H groups in total. The molecule has 1 heterocycles. The van der Waals surface area contributed by atoms with E-state index in [0.29, 0.717) is 12.4 Å². The van der Waals surface area contributed by atoms with E-state index in [-0.39, 0.29) is 18.7 Å². The lowest BCUT2D eigenvalue weighted by Gasteiger charge is -2.06. The van der Waals surface area contributed by atoms with Crippen LogP contribution in [0.3, 0.4) is 0 Å². The van der Waals surface area contributed by atoms with Crippen LogP contribution in [0.5, 0.6) is 5.75 Å². The van der Waals surface area contributed by atoms with Crippen LogP contribution in [-0.4, -0.2) is 22.7 Å². The SMILES string of the molecule is CCOc1ccc(-c2noc(CCC(=O)Nc3c(F)cccc3F)n2)cc1. The minimum atomic E-state index is -0.834. The zero-order valence-corrected chi connectivity index (χ0v) is 14.5. The average molecular weight is 373 g/mol. The maximum Gasteiger partial charge on any atom is 0.227 e. The molecule has 0 radical (unpaired) electrons. The number of aryl methyl sites for hydroxylation is 1. The van der Waals surface area contributed by atoms with Crippen LogP contribution in [0.4, 0.5) is 14.5 Å². The quantitative estimate of drug-likeness (QED) is 0.678. The number of benzene rings is 2. The number of halogens is 2. The largest absolute Gasteiger partial charge is 0.494 e. The Morgan fingerprint density at radius 2 is 1.85 bits per heavy atom. The Bertz CT molecular complexity index is 906. The van der Waals surface area contributed by atoms with E-state index in [1.54, 1.807) is 24.3 Å². The second-order valence-electron chi connectivity index (χ2n) is 5.61. The first-order valence-electron chi connectivity index (χ1n) is 8.36. The topological polar surface area (TPSA) is 77.2 Å². The first kappa shape index (κ1) is 18.5. The van der Waals surface area contributed by atoms with Gasteiger partial charge >= 0.3 is 0 Å². The number of nitrogens with zero attached hydrogens (tertiary/aromatic N) is 2. The highest BCUT2D eigenvalue weighted by atomic mass is 19.1. The highest BCUT2D eigenvalue weighted by Gasteiger charge is 2.14. The van der Waals surface area contributed by atoms with Crippen molar-refractivity contribution >= 4 is 11.6 Å². The van der Waals surface area contributed by atoms with Crippen molar-refractivity contribution in [2.45, 2.75) is 19.8 Å². The Labute approximate surface area is 154 Å². The number of carbonyl (C=O) groups is 1. The molecule has 1 aromatic heterocycles. The molecule has 6 nitrogen and oxygen atoms in total. The maximum absolute atomic E-state index is 13.5. The van der Waals surface area contributed by atoms with Gasteiger partial charge in [0.1, 0.15) is 23.1 Å². The lowest BCUT2D eigenvalue weighted by molar-refractivity contribution is -0.116. The number of rotatable bonds is 7. The number of carbonyl (C=O) groups excluding carboxylic acids is 1. The third-order valence-electron chi connectivity index (χ3n) is 3.68. The third kappa shape index (κ3) is 4.66. The van der Waals surface area contributed by atoms with Gasteiger partial charge in [-0.05, 0) is 43.3 Å². The Kier molecular flexibility index (Phi) is 5.75. The summed E-state index contributed by atoms with van der Waals surface area (Å²) >= 11 is 0. The van der Waals surface area contributed by atoms with Gasteiger partial charge in [-0.15, -0.1) is 0 Å². The number of hydrogen-bond donors (Lipinski definition) is 1. The number of ether oxygens (including phenoxy) is 1. The normalized spacial score (nSPS) is 10.6. The summed E-state index contributed by atoms with van der Waals surface area (Å²) in [6.45, 7) is 2.47. The van der Waals surface area contributed by atoms with E-state index in [4.69, 9.17) is 9.26 Å². The maximum atomic E-state index is 13.5. The number of amides is 1. The summed E-state index contributed by atoms with van der Waals surface area (Å²) in [5.74, 6) is -0.851. The van der Waals surface area contributed by atoms with E-state index in [9.17, 15) is 13.6 Å². The first-order chi connectivity index (χ1) is 13.1. The molecule has 3 aromatic rings. The molecule has 140 valence electrons. The minimum Gasteiger partial charge on any atom is -0.494 e. The molecule has 0 aliphatic rings. The summed E-state index contributed by atoms with van der Waals surface area (Å²) in [5, 5.41) is 6.09. The molecule has 0 fully saturated rings. The van der Waals surface area contributed by atoms with Crippen molar-refractivity contribution in [3.05, 3.63) is 60.0 Å². The Balaban J connectivity index is 1.58. The van der Waals surface area contributed by atoms with Crippen LogP contribution in [0, 0.1) is 11.6 Å². The highest BCUT2D eigenvalue weighted by molar-refractivity contribution is 5.91. The first-order valence-corrected chi connectivity index (χ1v) is 8.36. The predicted molar refractivity (Wildman–Crippen MR) is 94.2 cm³/mol. The van der Waals surface area contributed by atoms with Crippen molar-refractivity contribution in [2.24, 2.45) is 0 Å². The molecule has 0 aliphatic carbocycles. The summed E-state index contributed by atoms with van der Waals surface area (Å²) in [7, 11) is 0. The molecule has 0 atom stereocenters. The van der Waals surface area contributed by atoms with Gasteiger partial charge in [-0.25, -0.2) is 8.78 Å².